The molecule has 0 aromatic heterocycles. The van der Waals surface area contributed by atoms with Crippen molar-refractivity contribution < 1.29 is 19.4 Å². The van der Waals surface area contributed by atoms with E-state index in [4.69, 9.17) is 14.3 Å². The minimum absolute atomic E-state index is 0.113. The molecule has 0 spiro atoms. The van der Waals surface area contributed by atoms with Crippen LogP contribution >= 0.6 is 0 Å². The zero-order chi connectivity index (χ0) is 16.8. The quantitative estimate of drug-likeness (QED) is 0.604. The van der Waals surface area contributed by atoms with E-state index in [0.29, 0.717) is 12.3 Å². The Hall–Kier alpha value is -2.73. The monoisotopic (exact) mass is 328 g/mol. The van der Waals surface area contributed by atoms with Gasteiger partial charge < -0.3 is 24.7 Å². The van der Waals surface area contributed by atoms with Crippen LogP contribution in [0.3, 0.4) is 0 Å². The Morgan fingerprint density at radius 1 is 1.21 bits per heavy atom. The molecule has 0 radical (unpaired) electrons. The molecule has 1 atom stereocenters. The van der Waals surface area contributed by atoms with Gasteiger partial charge in [-0.3, -0.25) is 0 Å². The summed E-state index contributed by atoms with van der Waals surface area (Å²) in [5.41, 5.74) is 2.61. The molecule has 2 N–H and O–H groups in total. The zero-order valence-corrected chi connectivity index (χ0v) is 13.4. The maximum atomic E-state index is 9.97. The van der Waals surface area contributed by atoms with Gasteiger partial charge in [0.1, 0.15) is 12.7 Å². The molecular formula is C18H20N2O4. The van der Waals surface area contributed by atoms with E-state index in [1.807, 2.05) is 55.5 Å². The number of hydrogen-bond donors (Lipinski definition) is 2. The van der Waals surface area contributed by atoms with Crippen LogP contribution in [0.2, 0.25) is 0 Å². The Bertz CT molecular complexity index is 703. The molecule has 2 aromatic carbocycles. The molecule has 2 aromatic rings. The molecule has 6 nitrogen and oxygen atoms in total. The fourth-order valence-electron chi connectivity index (χ4n) is 2.25. The van der Waals surface area contributed by atoms with Gasteiger partial charge in [0.2, 0.25) is 6.79 Å². The molecule has 3 rings (SSSR count). The molecule has 6 heteroatoms. The molecule has 0 aliphatic carbocycles. The van der Waals surface area contributed by atoms with Crippen LogP contribution in [-0.4, -0.2) is 36.9 Å². The first-order valence-electron chi connectivity index (χ1n) is 7.76. The second-order valence-corrected chi connectivity index (χ2v) is 5.44. The van der Waals surface area contributed by atoms with E-state index in [-0.39, 0.29) is 13.4 Å². The molecule has 0 saturated carbocycles. The Morgan fingerprint density at radius 3 is 2.83 bits per heavy atom. The SMILES string of the molecule is C/C(=N\OCC(O)CNc1ccc2c(c1)OCO2)c1ccccc1. The topological polar surface area (TPSA) is 72.3 Å². The number of benzene rings is 2. The number of ether oxygens (including phenoxy) is 2. The number of fused-ring (bicyclic) bond motifs is 1. The molecule has 0 amide bonds. The van der Waals surface area contributed by atoms with Gasteiger partial charge in [0, 0.05) is 18.3 Å². The Labute approximate surface area is 140 Å². The molecule has 1 heterocycles. The van der Waals surface area contributed by atoms with E-state index in [0.717, 1.165) is 22.7 Å². The predicted molar refractivity (Wildman–Crippen MR) is 91.7 cm³/mol. The third-order valence-corrected chi connectivity index (χ3v) is 3.57. The number of oxime groups is 1. The first-order chi connectivity index (χ1) is 11.7. The van der Waals surface area contributed by atoms with Crippen molar-refractivity contribution in [3.63, 3.8) is 0 Å². The van der Waals surface area contributed by atoms with Crippen molar-refractivity contribution in [2.24, 2.45) is 5.16 Å². The fourth-order valence-corrected chi connectivity index (χ4v) is 2.25. The summed E-state index contributed by atoms with van der Waals surface area (Å²) < 4.78 is 10.6. The Kier molecular flexibility index (Phi) is 5.18. The van der Waals surface area contributed by atoms with Crippen LogP contribution in [0.4, 0.5) is 5.69 Å². The van der Waals surface area contributed by atoms with Crippen LogP contribution < -0.4 is 14.8 Å². The summed E-state index contributed by atoms with van der Waals surface area (Å²) in [4.78, 5) is 5.23. The van der Waals surface area contributed by atoms with E-state index in [2.05, 4.69) is 10.5 Å². The summed E-state index contributed by atoms with van der Waals surface area (Å²) in [6, 6.07) is 15.3. The van der Waals surface area contributed by atoms with Crippen molar-refractivity contribution in [3.05, 3.63) is 54.1 Å². The molecule has 0 saturated heterocycles. The highest BCUT2D eigenvalue weighted by molar-refractivity contribution is 5.98. The van der Waals surface area contributed by atoms with Crippen molar-refractivity contribution >= 4 is 11.4 Å². The minimum Gasteiger partial charge on any atom is -0.454 e. The molecule has 1 aliphatic rings. The second-order valence-electron chi connectivity index (χ2n) is 5.44. The van der Waals surface area contributed by atoms with E-state index in [1.165, 1.54) is 0 Å². The summed E-state index contributed by atoms with van der Waals surface area (Å²) in [5.74, 6) is 1.43. The first-order valence-corrected chi connectivity index (χ1v) is 7.76. The van der Waals surface area contributed by atoms with E-state index in [1.54, 1.807) is 0 Å². The highest BCUT2D eigenvalue weighted by Crippen LogP contribution is 2.34. The normalized spacial score (nSPS) is 14.3. The number of aliphatic hydroxyl groups is 1. The lowest BCUT2D eigenvalue weighted by atomic mass is 10.1. The lowest BCUT2D eigenvalue weighted by molar-refractivity contribution is 0.0470. The first kappa shape index (κ1) is 16.1. The van der Waals surface area contributed by atoms with Crippen molar-refractivity contribution in [2.75, 3.05) is 25.3 Å². The predicted octanol–water partition coefficient (Wildman–Crippen LogP) is 2.63. The van der Waals surface area contributed by atoms with Gasteiger partial charge in [-0.05, 0) is 24.6 Å². The maximum Gasteiger partial charge on any atom is 0.231 e. The molecule has 1 aliphatic heterocycles. The summed E-state index contributed by atoms with van der Waals surface area (Å²) in [5, 5.41) is 17.1. The second kappa shape index (κ2) is 7.70. The Morgan fingerprint density at radius 2 is 2.00 bits per heavy atom. The molecule has 0 bridgehead atoms. The number of nitrogens with zero attached hydrogens (tertiary/aromatic N) is 1. The number of nitrogens with one attached hydrogen (secondary N) is 1. The summed E-state index contributed by atoms with van der Waals surface area (Å²) in [7, 11) is 0. The Balaban J connectivity index is 1.43. The van der Waals surface area contributed by atoms with Crippen LogP contribution in [0.1, 0.15) is 12.5 Å². The van der Waals surface area contributed by atoms with Crippen molar-refractivity contribution in [1.82, 2.24) is 0 Å². The largest absolute Gasteiger partial charge is 0.454 e. The highest BCUT2D eigenvalue weighted by atomic mass is 16.7. The van der Waals surface area contributed by atoms with Gasteiger partial charge in [0.05, 0.1) is 5.71 Å². The van der Waals surface area contributed by atoms with Gasteiger partial charge in [-0.25, -0.2) is 0 Å². The lowest BCUT2D eigenvalue weighted by Gasteiger charge is -2.12. The molecular weight excluding hydrogens is 308 g/mol. The van der Waals surface area contributed by atoms with Crippen LogP contribution in [-0.2, 0) is 4.84 Å². The van der Waals surface area contributed by atoms with Gasteiger partial charge in [0.25, 0.3) is 0 Å². The molecule has 126 valence electrons. The summed E-state index contributed by atoms with van der Waals surface area (Å²) in [6.07, 6.45) is -0.678. The fraction of sp³-hybridized carbons (Fsp3) is 0.278. The molecule has 0 fully saturated rings. The summed E-state index contributed by atoms with van der Waals surface area (Å²) >= 11 is 0. The number of aliphatic hydroxyl groups excluding tert-OH is 1. The minimum atomic E-state index is -0.678. The van der Waals surface area contributed by atoms with Crippen LogP contribution in [0.5, 0.6) is 11.5 Å². The smallest absolute Gasteiger partial charge is 0.231 e. The van der Waals surface area contributed by atoms with Gasteiger partial charge in [-0.2, -0.15) is 0 Å². The number of rotatable bonds is 7. The average molecular weight is 328 g/mol. The van der Waals surface area contributed by atoms with Crippen molar-refractivity contribution in [1.29, 1.82) is 0 Å². The molecule has 24 heavy (non-hydrogen) atoms. The van der Waals surface area contributed by atoms with Gasteiger partial charge >= 0.3 is 0 Å². The van der Waals surface area contributed by atoms with Crippen molar-refractivity contribution in [2.45, 2.75) is 13.0 Å². The third-order valence-electron chi connectivity index (χ3n) is 3.57. The van der Waals surface area contributed by atoms with Gasteiger partial charge in [0.15, 0.2) is 11.5 Å². The van der Waals surface area contributed by atoms with Gasteiger partial charge in [-0.15, -0.1) is 0 Å². The van der Waals surface area contributed by atoms with Gasteiger partial charge in [-0.1, -0.05) is 35.5 Å². The average Bonchev–Trinajstić information content (AvgIpc) is 3.08. The number of anilines is 1. The van der Waals surface area contributed by atoms with E-state index >= 15 is 0 Å². The van der Waals surface area contributed by atoms with E-state index in [9.17, 15) is 5.11 Å². The van der Waals surface area contributed by atoms with Crippen LogP contribution in [0, 0.1) is 0 Å². The molecule has 1 unspecified atom stereocenters. The number of hydrogen-bond acceptors (Lipinski definition) is 6. The maximum absolute atomic E-state index is 9.97. The standard InChI is InChI=1S/C18H20N2O4/c1-13(14-5-3-2-4-6-14)20-24-11-16(21)10-19-15-7-8-17-18(9-15)23-12-22-17/h2-9,16,19,21H,10-12H2,1H3/b20-13+. The van der Waals surface area contributed by atoms with Crippen LogP contribution in [0.25, 0.3) is 0 Å². The highest BCUT2D eigenvalue weighted by Gasteiger charge is 2.13. The zero-order valence-electron chi connectivity index (χ0n) is 13.4. The van der Waals surface area contributed by atoms with Crippen LogP contribution in [0.15, 0.2) is 53.7 Å². The van der Waals surface area contributed by atoms with E-state index < -0.39 is 6.10 Å². The van der Waals surface area contributed by atoms with Crippen molar-refractivity contribution in [3.8, 4) is 11.5 Å². The lowest BCUT2D eigenvalue weighted by Crippen LogP contribution is -2.24. The summed E-state index contributed by atoms with van der Waals surface area (Å²) in [6.45, 7) is 2.57. The third kappa shape index (κ3) is 4.17.